The number of benzene rings is 2. The van der Waals surface area contributed by atoms with E-state index in [1.54, 1.807) is 23.1 Å². The van der Waals surface area contributed by atoms with Crippen molar-refractivity contribution < 1.29 is 22.4 Å². The van der Waals surface area contributed by atoms with Crippen molar-refractivity contribution >= 4 is 27.5 Å². The highest BCUT2D eigenvalue weighted by molar-refractivity contribution is 7.92. The Bertz CT molecular complexity index is 1000. The molecule has 0 radical (unpaired) electrons. The maximum atomic E-state index is 13.7. The van der Waals surface area contributed by atoms with Gasteiger partial charge in [0.25, 0.3) is 11.8 Å². The van der Waals surface area contributed by atoms with E-state index in [2.05, 4.69) is 10.0 Å². The van der Waals surface area contributed by atoms with Crippen molar-refractivity contribution in [1.29, 1.82) is 0 Å². The van der Waals surface area contributed by atoms with Crippen LogP contribution < -0.4 is 10.0 Å². The molecule has 0 aliphatic carbocycles. The van der Waals surface area contributed by atoms with Crippen LogP contribution in [0.15, 0.2) is 48.5 Å². The number of hydrogen-bond donors (Lipinski definition) is 2. The summed E-state index contributed by atoms with van der Waals surface area (Å²) in [6, 6.07) is 11.9. The molecule has 1 aliphatic heterocycles. The SMILES string of the molecule is CS(=O)(=O)Nc1ccc(C(=O)N2CCC(NC(=O)c3ccccc3F)CC2)cc1. The molecule has 0 unspecified atom stereocenters. The number of nitrogens with zero attached hydrogens (tertiary/aromatic N) is 1. The summed E-state index contributed by atoms with van der Waals surface area (Å²) >= 11 is 0. The number of nitrogens with one attached hydrogen (secondary N) is 2. The Hall–Kier alpha value is -2.94. The number of rotatable bonds is 5. The normalized spacial score (nSPS) is 15.0. The van der Waals surface area contributed by atoms with Crippen LogP contribution in [0.3, 0.4) is 0 Å². The highest BCUT2D eigenvalue weighted by atomic mass is 32.2. The Balaban J connectivity index is 1.54. The lowest BCUT2D eigenvalue weighted by Crippen LogP contribution is -2.46. The average Bonchev–Trinajstić information content (AvgIpc) is 2.68. The highest BCUT2D eigenvalue weighted by Crippen LogP contribution is 2.17. The van der Waals surface area contributed by atoms with Gasteiger partial charge < -0.3 is 10.2 Å². The molecule has 0 spiro atoms. The molecule has 9 heteroatoms. The Labute approximate surface area is 169 Å². The van der Waals surface area contributed by atoms with Crippen molar-refractivity contribution in [2.75, 3.05) is 24.1 Å². The third-order valence-electron chi connectivity index (χ3n) is 4.67. The molecule has 0 atom stereocenters. The molecule has 7 nitrogen and oxygen atoms in total. The van der Waals surface area contributed by atoms with Crippen LogP contribution >= 0.6 is 0 Å². The number of sulfonamides is 1. The summed E-state index contributed by atoms with van der Waals surface area (Å²) in [5, 5.41) is 2.82. The molecule has 1 saturated heterocycles. The summed E-state index contributed by atoms with van der Waals surface area (Å²) in [7, 11) is -3.37. The third-order valence-corrected chi connectivity index (χ3v) is 5.28. The van der Waals surface area contributed by atoms with E-state index in [1.165, 1.54) is 30.3 Å². The zero-order valence-corrected chi connectivity index (χ0v) is 16.7. The molecule has 2 N–H and O–H groups in total. The maximum Gasteiger partial charge on any atom is 0.254 e. The van der Waals surface area contributed by atoms with E-state index in [9.17, 15) is 22.4 Å². The lowest BCUT2D eigenvalue weighted by Gasteiger charge is -2.32. The third kappa shape index (κ3) is 5.54. The first-order chi connectivity index (χ1) is 13.7. The van der Waals surface area contributed by atoms with E-state index in [1.807, 2.05) is 0 Å². The monoisotopic (exact) mass is 419 g/mol. The summed E-state index contributed by atoms with van der Waals surface area (Å²) < 4.78 is 38.6. The number of likely N-dealkylation sites (tertiary alicyclic amines) is 1. The van der Waals surface area contributed by atoms with Crippen molar-refractivity contribution in [3.8, 4) is 0 Å². The van der Waals surface area contributed by atoms with Gasteiger partial charge in [-0.05, 0) is 49.2 Å². The molecule has 1 aliphatic rings. The molecule has 0 bridgehead atoms. The molecule has 29 heavy (non-hydrogen) atoms. The van der Waals surface area contributed by atoms with Crippen molar-refractivity contribution in [1.82, 2.24) is 10.2 Å². The van der Waals surface area contributed by atoms with E-state index in [4.69, 9.17) is 0 Å². The molecule has 3 rings (SSSR count). The Morgan fingerprint density at radius 3 is 2.24 bits per heavy atom. The fourth-order valence-electron chi connectivity index (χ4n) is 3.21. The van der Waals surface area contributed by atoms with E-state index < -0.39 is 21.7 Å². The van der Waals surface area contributed by atoms with Crippen LogP contribution in [0.4, 0.5) is 10.1 Å². The quantitative estimate of drug-likeness (QED) is 0.777. The van der Waals surface area contributed by atoms with Gasteiger partial charge in [-0.3, -0.25) is 14.3 Å². The second-order valence-corrected chi connectivity index (χ2v) is 8.72. The van der Waals surface area contributed by atoms with Gasteiger partial charge in [0.05, 0.1) is 11.8 Å². The number of hydrogen-bond acceptors (Lipinski definition) is 4. The van der Waals surface area contributed by atoms with Crippen LogP contribution in [0.2, 0.25) is 0 Å². The van der Waals surface area contributed by atoms with Gasteiger partial charge in [-0.15, -0.1) is 0 Å². The molecule has 0 saturated carbocycles. The van der Waals surface area contributed by atoms with E-state index in [-0.39, 0.29) is 17.5 Å². The number of halogens is 1. The molecule has 2 amide bonds. The van der Waals surface area contributed by atoms with Crippen molar-refractivity contribution in [3.05, 3.63) is 65.5 Å². The Kier molecular flexibility index (Phi) is 6.17. The largest absolute Gasteiger partial charge is 0.349 e. The van der Waals surface area contributed by atoms with Crippen LogP contribution in [0, 0.1) is 5.82 Å². The van der Waals surface area contributed by atoms with Gasteiger partial charge in [-0.1, -0.05) is 12.1 Å². The number of anilines is 1. The summed E-state index contributed by atoms with van der Waals surface area (Å²) in [5.41, 5.74) is 0.852. The maximum absolute atomic E-state index is 13.7. The highest BCUT2D eigenvalue weighted by Gasteiger charge is 2.25. The molecule has 2 aromatic carbocycles. The van der Waals surface area contributed by atoms with Gasteiger partial charge in [-0.25, -0.2) is 12.8 Å². The van der Waals surface area contributed by atoms with Gasteiger partial charge in [-0.2, -0.15) is 0 Å². The molecule has 154 valence electrons. The van der Waals surface area contributed by atoms with Crippen molar-refractivity contribution in [2.24, 2.45) is 0 Å². The van der Waals surface area contributed by atoms with Gasteiger partial charge in [0.15, 0.2) is 0 Å². The van der Waals surface area contributed by atoms with Crippen molar-refractivity contribution in [3.63, 3.8) is 0 Å². The summed E-state index contributed by atoms with van der Waals surface area (Å²) in [5.74, 6) is -1.18. The Morgan fingerprint density at radius 1 is 1.03 bits per heavy atom. The molecular formula is C20H22FN3O4S. The van der Waals surface area contributed by atoms with Gasteiger partial charge in [0.1, 0.15) is 5.82 Å². The summed E-state index contributed by atoms with van der Waals surface area (Å²) in [6.45, 7) is 0.925. The number of amides is 2. The topological polar surface area (TPSA) is 95.6 Å². The van der Waals surface area contributed by atoms with Gasteiger partial charge in [0, 0.05) is 30.4 Å². The lowest BCUT2D eigenvalue weighted by atomic mass is 10.0. The molecule has 0 aromatic heterocycles. The standard InChI is InChI=1S/C20H22FN3O4S/c1-29(27,28)23-16-8-6-14(7-9-16)20(26)24-12-10-15(11-13-24)22-19(25)17-4-2-3-5-18(17)21/h2-9,15,23H,10-13H2,1H3,(H,22,25). The average molecular weight is 419 g/mol. The Morgan fingerprint density at radius 2 is 1.66 bits per heavy atom. The lowest BCUT2D eigenvalue weighted by molar-refractivity contribution is 0.0698. The minimum atomic E-state index is -3.37. The molecule has 1 fully saturated rings. The molecular weight excluding hydrogens is 397 g/mol. The summed E-state index contributed by atoms with van der Waals surface area (Å²) in [6.07, 6.45) is 2.19. The van der Waals surface area contributed by atoms with Crippen LogP contribution in [0.25, 0.3) is 0 Å². The number of piperidine rings is 1. The number of carbonyl (C=O) groups is 2. The van der Waals surface area contributed by atoms with Crippen LogP contribution in [-0.2, 0) is 10.0 Å². The zero-order chi connectivity index (χ0) is 21.0. The van der Waals surface area contributed by atoms with E-state index in [0.29, 0.717) is 37.2 Å². The first-order valence-electron chi connectivity index (χ1n) is 9.15. The van der Waals surface area contributed by atoms with Crippen molar-refractivity contribution in [2.45, 2.75) is 18.9 Å². The van der Waals surface area contributed by atoms with E-state index >= 15 is 0 Å². The predicted octanol–water partition coefficient (Wildman–Crippen LogP) is 2.23. The first-order valence-corrected chi connectivity index (χ1v) is 11.0. The van der Waals surface area contributed by atoms with Gasteiger partial charge in [0.2, 0.25) is 10.0 Å². The van der Waals surface area contributed by atoms with Crippen LogP contribution in [0.5, 0.6) is 0 Å². The molecule has 2 aromatic rings. The smallest absolute Gasteiger partial charge is 0.254 e. The molecule has 1 heterocycles. The van der Waals surface area contributed by atoms with Crippen LogP contribution in [-0.4, -0.2) is 50.5 Å². The fraction of sp³-hybridized carbons (Fsp3) is 0.300. The minimum Gasteiger partial charge on any atom is -0.349 e. The zero-order valence-electron chi connectivity index (χ0n) is 15.9. The van der Waals surface area contributed by atoms with Gasteiger partial charge >= 0.3 is 0 Å². The van der Waals surface area contributed by atoms with E-state index in [0.717, 1.165) is 6.26 Å². The second-order valence-electron chi connectivity index (χ2n) is 6.97. The second kappa shape index (κ2) is 8.60. The summed E-state index contributed by atoms with van der Waals surface area (Å²) in [4.78, 5) is 26.5. The number of carbonyl (C=O) groups excluding carboxylic acids is 2. The predicted molar refractivity (Wildman–Crippen MR) is 108 cm³/mol. The van der Waals surface area contributed by atoms with Crippen LogP contribution in [0.1, 0.15) is 33.6 Å². The minimum absolute atomic E-state index is 0.00815. The fourth-order valence-corrected chi connectivity index (χ4v) is 3.78. The first kappa shape index (κ1) is 20.8.